The first-order valence-electron chi connectivity index (χ1n) is 5.25. The van der Waals surface area contributed by atoms with Crippen molar-refractivity contribution in [3.8, 4) is 17.0 Å². The Morgan fingerprint density at radius 1 is 1.29 bits per heavy atom. The number of nitrogens with one attached hydrogen (secondary N) is 1. The number of rotatable bonds is 3. The number of carbonyl (C=O) groups excluding carboxylic acids is 1. The summed E-state index contributed by atoms with van der Waals surface area (Å²) >= 11 is 0. The van der Waals surface area contributed by atoms with Gasteiger partial charge in [0.15, 0.2) is 0 Å². The second-order valence-corrected chi connectivity index (χ2v) is 3.81. The van der Waals surface area contributed by atoms with Crippen LogP contribution < -0.4 is 10.5 Å². The molecule has 0 bridgehead atoms. The molecular formula is C13H14N2O2. The number of aromatic amines is 1. The predicted molar refractivity (Wildman–Crippen MR) is 66.0 cm³/mol. The van der Waals surface area contributed by atoms with Crippen LogP contribution in [0.25, 0.3) is 11.3 Å². The number of hydrogen-bond donors (Lipinski definition) is 2. The molecule has 2 rings (SSSR count). The van der Waals surface area contributed by atoms with Crippen molar-refractivity contribution in [1.29, 1.82) is 0 Å². The Bertz CT molecular complexity index is 541. The van der Waals surface area contributed by atoms with E-state index in [0.717, 1.165) is 22.7 Å². The molecule has 0 fully saturated rings. The highest BCUT2D eigenvalue weighted by Crippen LogP contribution is 2.23. The highest BCUT2D eigenvalue weighted by atomic mass is 16.5. The number of hydrogen-bond acceptors (Lipinski definition) is 2. The van der Waals surface area contributed by atoms with Crippen LogP contribution in [0.15, 0.2) is 30.3 Å². The minimum absolute atomic E-state index is 0.418. The van der Waals surface area contributed by atoms with Crippen molar-refractivity contribution in [3.05, 3.63) is 41.6 Å². The van der Waals surface area contributed by atoms with Gasteiger partial charge in [-0.15, -0.1) is 0 Å². The van der Waals surface area contributed by atoms with Crippen LogP contribution in [-0.4, -0.2) is 18.0 Å². The number of methoxy groups -OCH3 is 1. The van der Waals surface area contributed by atoms with Crippen molar-refractivity contribution in [3.63, 3.8) is 0 Å². The number of H-pyrrole nitrogens is 1. The molecule has 4 nitrogen and oxygen atoms in total. The lowest BCUT2D eigenvalue weighted by Gasteiger charge is -2.01. The van der Waals surface area contributed by atoms with Gasteiger partial charge in [0, 0.05) is 11.4 Å². The molecule has 0 saturated heterocycles. The van der Waals surface area contributed by atoms with E-state index in [-0.39, 0.29) is 0 Å². The Hall–Kier alpha value is -2.23. The van der Waals surface area contributed by atoms with Crippen LogP contribution in [0.5, 0.6) is 5.75 Å². The molecule has 3 N–H and O–H groups in total. The Kier molecular flexibility index (Phi) is 2.87. The van der Waals surface area contributed by atoms with Gasteiger partial charge in [0.05, 0.1) is 12.7 Å². The van der Waals surface area contributed by atoms with E-state index in [4.69, 9.17) is 10.5 Å². The van der Waals surface area contributed by atoms with E-state index in [2.05, 4.69) is 4.98 Å². The van der Waals surface area contributed by atoms with Crippen LogP contribution in [0.4, 0.5) is 0 Å². The molecular weight excluding hydrogens is 216 g/mol. The second kappa shape index (κ2) is 4.33. The van der Waals surface area contributed by atoms with Gasteiger partial charge in [0.25, 0.3) is 5.91 Å². The average Bonchev–Trinajstić information content (AvgIpc) is 2.71. The van der Waals surface area contributed by atoms with Gasteiger partial charge in [0.2, 0.25) is 0 Å². The fourth-order valence-corrected chi connectivity index (χ4v) is 1.74. The Morgan fingerprint density at radius 2 is 1.94 bits per heavy atom. The van der Waals surface area contributed by atoms with Gasteiger partial charge < -0.3 is 15.5 Å². The summed E-state index contributed by atoms with van der Waals surface area (Å²) in [6.45, 7) is 1.83. The smallest absolute Gasteiger partial charge is 0.250 e. The first-order valence-corrected chi connectivity index (χ1v) is 5.25. The molecule has 0 radical (unpaired) electrons. The number of nitrogens with two attached hydrogens (primary N) is 1. The summed E-state index contributed by atoms with van der Waals surface area (Å²) in [5.41, 5.74) is 8.44. The van der Waals surface area contributed by atoms with Crippen molar-refractivity contribution >= 4 is 5.91 Å². The normalized spacial score (nSPS) is 10.2. The Labute approximate surface area is 99.4 Å². The topological polar surface area (TPSA) is 68.1 Å². The predicted octanol–water partition coefficient (Wildman–Crippen LogP) is 2.10. The van der Waals surface area contributed by atoms with Crippen LogP contribution >= 0.6 is 0 Å². The minimum atomic E-state index is -0.418. The maximum Gasteiger partial charge on any atom is 0.250 e. The summed E-state index contributed by atoms with van der Waals surface area (Å²) in [7, 11) is 1.62. The first kappa shape index (κ1) is 11.3. The van der Waals surface area contributed by atoms with Crippen LogP contribution in [0.1, 0.15) is 16.1 Å². The van der Waals surface area contributed by atoms with Crippen molar-refractivity contribution in [2.75, 3.05) is 7.11 Å². The summed E-state index contributed by atoms with van der Waals surface area (Å²) in [5.74, 6) is 0.380. The average molecular weight is 230 g/mol. The van der Waals surface area contributed by atoms with Crippen LogP contribution in [0, 0.1) is 6.92 Å². The highest BCUT2D eigenvalue weighted by molar-refractivity contribution is 5.95. The van der Waals surface area contributed by atoms with Gasteiger partial charge in [-0.3, -0.25) is 4.79 Å². The van der Waals surface area contributed by atoms with E-state index in [1.165, 1.54) is 0 Å². The SMILES string of the molecule is COc1ccc(-c2cc(C(N)=O)c(C)[nH]2)cc1. The molecule has 0 aliphatic rings. The lowest BCUT2D eigenvalue weighted by atomic mass is 10.1. The molecule has 17 heavy (non-hydrogen) atoms. The third kappa shape index (κ3) is 2.15. The van der Waals surface area contributed by atoms with Gasteiger partial charge in [-0.1, -0.05) is 0 Å². The molecule has 4 heteroatoms. The van der Waals surface area contributed by atoms with E-state index in [0.29, 0.717) is 5.56 Å². The van der Waals surface area contributed by atoms with Crippen LogP contribution in [0.2, 0.25) is 0 Å². The number of ether oxygens (including phenoxy) is 1. The zero-order valence-corrected chi connectivity index (χ0v) is 9.78. The number of aromatic nitrogens is 1. The number of carbonyl (C=O) groups is 1. The fraction of sp³-hybridized carbons (Fsp3) is 0.154. The molecule has 0 unspecified atom stereocenters. The largest absolute Gasteiger partial charge is 0.497 e. The maximum atomic E-state index is 11.1. The van der Waals surface area contributed by atoms with Crippen molar-refractivity contribution < 1.29 is 9.53 Å². The van der Waals surface area contributed by atoms with E-state index >= 15 is 0 Å². The monoisotopic (exact) mass is 230 g/mol. The second-order valence-electron chi connectivity index (χ2n) is 3.81. The molecule has 0 aliphatic carbocycles. The summed E-state index contributed by atoms with van der Waals surface area (Å²) < 4.78 is 5.09. The molecule has 1 amide bonds. The molecule has 1 aromatic carbocycles. The van der Waals surface area contributed by atoms with Gasteiger partial charge in [-0.25, -0.2) is 0 Å². The van der Waals surface area contributed by atoms with Gasteiger partial charge >= 0.3 is 0 Å². The van der Waals surface area contributed by atoms with E-state index in [1.54, 1.807) is 13.2 Å². The molecule has 0 aliphatic heterocycles. The molecule has 2 aromatic rings. The lowest BCUT2D eigenvalue weighted by molar-refractivity contribution is 0.1000. The molecule has 0 atom stereocenters. The number of amides is 1. The molecule has 0 saturated carbocycles. The highest BCUT2D eigenvalue weighted by Gasteiger charge is 2.10. The molecule has 1 aromatic heterocycles. The minimum Gasteiger partial charge on any atom is -0.497 e. The summed E-state index contributed by atoms with van der Waals surface area (Å²) in [5, 5.41) is 0. The van der Waals surface area contributed by atoms with Crippen molar-refractivity contribution in [1.82, 2.24) is 4.98 Å². The van der Waals surface area contributed by atoms with Crippen molar-refractivity contribution in [2.24, 2.45) is 5.73 Å². The number of aryl methyl sites for hydroxylation is 1. The summed E-state index contributed by atoms with van der Waals surface area (Å²) in [6.07, 6.45) is 0. The lowest BCUT2D eigenvalue weighted by Crippen LogP contribution is -2.10. The van der Waals surface area contributed by atoms with E-state index < -0.39 is 5.91 Å². The number of primary amides is 1. The zero-order chi connectivity index (χ0) is 12.4. The Balaban J connectivity index is 2.39. The quantitative estimate of drug-likeness (QED) is 0.847. The zero-order valence-electron chi connectivity index (χ0n) is 9.78. The molecule has 1 heterocycles. The van der Waals surface area contributed by atoms with Crippen LogP contribution in [0.3, 0.4) is 0 Å². The van der Waals surface area contributed by atoms with Gasteiger partial charge in [0.1, 0.15) is 5.75 Å². The maximum absolute atomic E-state index is 11.1. The Morgan fingerprint density at radius 3 is 2.41 bits per heavy atom. The standard InChI is InChI=1S/C13H14N2O2/c1-8-11(13(14)16)7-12(15-8)9-3-5-10(17-2)6-4-9/h3-7,15H,1-2H3,(H2,14,16). The summed E-state index contributed by atoms with van der Waals surface area (Å²) in [4.78, 5) is 14.3. The first-order chi connectivity index (χ1) is 8.11. The summed E-state index contributed by atoms with van der Waals surface area (Å²) in [6, 6.07) is 9.36. The third-order valence-electron chi connectivity index (χ3n) is 2.68. The van der Waals surface area contributed by atoms with Crippen molar-refractivity contribution in [2.45, 2.75) is 6.92 Å². The third-order valence-corrected chi connectivity index (χ3v) is 2.68. The fourth-order valence-electron chi connectivity index (χ4n) is 1.74. The van der Waals surface area contributed by atoms with Crippen LogP contribution in [-0.2, 0) is 0 Å². The molecule has 0 spiro atoms. The van der Waals surface area contributed by atoms with E-state index in [9.17, 15) is 4.79 Å². The van der Waals surface area contributed by atoms with E-state index in [1.807, 2.05) is 31.2 Å². The number of benzene rings is 1. The van der Waals surface area contributed by atoms with Gasteiger partial charge in [-0.2, -0.15) is 0 Å². The van der Waals surface area contributed by atoms with Gasteiger partial charge in [-0.05, 0) is 42.8 Å². The molecule has 88 valence electrons.